The fourth-order valence-corrected chi connectivity index (χ4v) is 3.18. The number of nitrogens with zero attached hydrogens (tertiary/aromatic N) is 3. The van der Waals surface area contributed by atoms with Crippen molar-refractivity contribution in [3.05, 3.63) is 45.7 Å². The highest BCUT2D eigenvalue weighted by Crippen LogP contribution is 2.18. The fraction of sp³-hybridized carbons (Fsp3) is 0.286. The summed E-state index contributed by atoms with van der Waals surface area (Å²) >= 11 is 7.63. The van der Waals surface area contributed by atoms with Crippen molar-refractivity contribution < 1.29 is 4.79 Å². The Labute approximate surface area is 125 Å². The number of para-hydroxylation sites is 1. The first-order chi connectivity index (χ1) is 9.75. The molecule has 0 saturated carbocycles. The van der Waals surface area contributed by atoms with Gasteiger partial charge in [0.15, 0.2) is 4.80 Å². The van der Waals surface area contributed by atoms with Crippen molar-refractivity contribution in [3.8, 4) is 5.69 Å². The van der Waals surface area contributed by atoms with E-state index >= 15 is 0 Å². The first-order valence-corrected chi connectivity index (χ1v) is 7.76. The van der Waals surface area contributed by atoms with Crippen molar-refractivity contribution in [1.82, 2.24) is 9.47 Å². The molecule has 1 aliphatic heterocycles. The molecule has 0 spiro atoms. The lowest BCUT2D eigenvalue weighted by atomic mass is 10.3. The summed E-state index contributed by atoms with van der Waals surface area (Å²) in [6.07, 6.45) is 4.01. The average molecular weight is 308 g/mol. The second-order valence-corrected chi connectivity index (χ2v) is 5.88. The van der Waals surface area contributed by atoms with Crippen LogP contribution in [0.1, 0.15) is 12.8 Å². The maximum Gasteiger partial charge on any atom is 0.346 e. The maximum atomic E-state index is 12.1. The smallest absolute Gasteiger partial charge is 0.323 e. The molecule has 0 unspecified atom stereocenters. The van der Waals surface area contributed by atoms with Crippen LogP contribution in [-0.4, -0.2) is 28.6 Å². The summed E-state index contributed by atoms with van der Waals surface area (Å²) in [5.74, 6) is 0. The van der Waals surface area contributed by atoms with Gasteiger partial charge in [-0.1, -0.05) is 23.7 Å². The van der Waals surface area contributed by atoms with E-state index in [1.54, 1.807) is 4.90 Å². The molecule has 1 aliphatic rings. The van der Waals surface area contributed by atoms with E-state index in [4.69, 9.17) is 11.6 Å². The number of hydrogen-bond acceptors (Lipinski definition) is 2. The lowest BCUT2D eigenvalue weighted by Gasteiger charge is -2.11. The lowest BCUT2D eigenvalue weighted by molar-refractivity contribution is 0.218. The van der Waals surface area contributed by atoms with E-state index in [2.05, 4.69) is 4.99 Å². The first-order valence-electron chi connectivity index (χ1n) is 6.50. The van der Waals surface area contributed by atoms with Crippen molar-refractivity contribution in [2.24, 2.45) is 4.99 Å². The van der Waals surface area contributed by atoms with E-state index < -0.39 is 0 Å². The quantitative estimate of drug-likeness (QED) is 0.796. The third kappa shape index (κ3) is 2.64. The van der Waals surface area contributed by atoms with Gasteiger partial charge in [0.25, 0.3) is 0 Å². The minimum Gasteiger partial charge on any atom is -0.323 e. The molecule has 1 saturated heterocycles. The van der Waals surface area contributed by atoms with Crippen molar-refractivity contribution in [2.45, 2.75) is 12.8 Å². The van der Waals surface area contributed by atoms with Crippen LogP contribution in [0.25, 0.3) is 5.69 Å². The number of carbonyl (C=O) groups is 1. The minimum absolute atomic E-state index is 0.161. The molecule has 104 valence electrons. The zero-order chi connectivity index (χ0) is 13.9. The molecule has 1 fully saturated rings. The number of urea groups is 1. The molecule has 1 aromatic carbocycles. The second kappa shape index (κ2) is 5.81. The Morgan fingerprint density at radius 1 is 1.25 bits per heavy atom. The highest BCUT2D eigenvalue weighted by Gasteiger charge is 2.17. The van der Waals surface area contributed by atoms with Crippen LogP contribution in [0.2, 0.25) is 5.02 Å². The Morgan fingerprint density at radius 2 is 2.00 bits per heavy atom. The number of carbonyl (C=O) groups excluding carboxylic acids is 1. The van der Waals surface area contributed by atoms with Crippen molar-refractivity contribution in [1.29, 1.82) is 0 Å². The molecule has 2 aromatic rings. The molecule has 0 aliphatic carbocycles. The number of likely N-dealkylation sites (tertiary alicyclic amines) is 1. The van der Waals surface area contributed by atoms with Gasteiger partial charge in [0, 0.05) is 24.7 Å². The molecule has 3 rings (SSSR count). The summed E-state index contributed by atoms with van der Waals surface area (Å²) in [4.78, 5) is 18.8. The second-order valence-electron chi connectivity index (χ2n) is 4.60. The molecule has 0 N–H and O–H groups in total. The predicted octanol–water partition coefficient (Wildman–Crippen LogP) is 3.31. The van der Waals surface area contributed by atoms with Crippen LogP contribution < -0.4 is 4.80 Å². The van der Waals surface area contributed by atoms with E-state index in [1.165, 1.54) is 11.3 Å². The van der Waals surface area contributed by atoms with Gasteiger partial charge in [0.2, 0.25) is 0 Å². The monoisotopic (exact) mass is 307 g/mol. The van der Waals surface area contributed by atoms with Gasteiger partial charge in [0.1, 0.15) is 0 Å². The van der Waals surface area contributed by atoms with E-state index in [-0.39, 0.29) is 6.03 Å². The number of thiazole rings is 1. The molecule has 2 heterocycles. The number of benzene rings is 1. The van der Waals surface area contributed by atoms with Gasteiger partial charge >= 0.3 is 6.03 Å². The summed E-state index contributed by atoms with van der Waals surface area (Å²) in [5.41, 5.74) is 0.836. The van der Waals surface area contributed by atoms with E-state index in [0.717, 1.165) is 31.6 Å². The standard InChI is InChI=1S/C14H14ClN3OS/c15-11-5-1-2-6-12(11)18-9-10-20-14(18)16-13(19)17-7-3-4-8-17/h1-2,5-6,9-10H,3-4,7-8H2/b16-14-. The van der Waals surface area contributed by atoms with E-state index in [1.807, 2.05) is 40.4 Å². The summed E-state index contributed by atoms with van der Waals surface area (Å²) in [5, 5.41) is 2.54. The third-order valence-corrected chi connectivity index (χ3v) is 4.35. The fourth-order valence-electron chi connectivity index (χ4n) is 2.24. The number of amides is 2. The molecule has 0 atom stereocenters. The SMILES string of the molecule is O=C(/N=c1\sccn1-c1ccccc1Cl)N1CCCC1. The minimum atomic E-state index is -0.161. The Hall–Kier alpha value is -1.59. The maximum absolute atomic E-state index is 12.1. The number of rotatable bonds is 1. The van der Waals surface area contributed by atoms with Crippen molar-refractivity contribution >= 4 is 29.0 Å². The molecule has 4 nitrogen and oxygen atoms in total. The van der Waals surface area contributed by atoms with Gasteiger partial charge in [0.05, 0.1) is 10.7 Å². The molecule has 2 amide bonds. The van der Waals surface area contributed by atoms with Crippen molar-refractivity contribution in [2.75, 3.05) is 13.1 Å². The lowest BCUT2D eigenvalue weighted by Crippen LogP contribution is -2.27. The molecule has 20 heavy (non-hydrogen) atoms. The molecule has 1 aromatic heterocycles. The molecule has 0 bridgehead atoms. The van der Waals surface area contributed by atoms with Crippen molar-refractivity contribution in [3.63, 3.8) is 0 Å². The van der Waals surface area contributed by atoms with Gasteiger partial charge in [-0.3, -0.25) is 4.57 Å². The Bertz CT molecular complexity index is 685. The highest BCUT2D eigenvalue weighted by molar-refractivity contribution is 7.07. The molecule has 6 heteroatoms. The third-order valence-electron chi connectivity index (χ3n) is 3.27. The molecular weight excluding hydrogens is 294 g/mol. The Balaban J connectivity index is 1.98. The van der Waals surface area contributed by atoms with Gasteiger partial charge in [-0.2, -0.15) is 4.99 Å². The van der Waals surface area contributed by atoms with Gasteiger partial charge in [-0.15, -0.1) is 11.3 Å². The van der Waals surface area contributed by atoms with E-state index in [9.17, 15) is 4.79 Å². The number of aromatic nitrogens is 1. The van der Waals surface area contributed by atoms with Gasteiger partial charge in [-0.05, 0) is 25.0 Å². The van der Waals surface area contributed by atoms with Crippen LogP contribution in [0.3, 0.4) is 0 Å². The summed E-state index contributed by atoms with van der Waals surface area (Å²) in [7, 11) is 0. The summed E-state index contributed by atoms with van der Waals surface area (Å²) in [6.45, 7) is 1.61. The Kier molecular flexibility index (Phi) is 3.89. The molecular formula is C14H14ClN3OS. The normalized spacial score (nSPS) is 15.8. The van der Waals surface area contributed by atoms with Crippen LogP contribution in [0.5, 0.6) is 0 Å². The number of halogens is 1. The predicted molar refractivity (Wildman–Crippen MR) is 80.4 cm³/mol. The van der Waals surface area contributed by atoms with Crippen LogP contribution in [0.4, 0.5) is 4.79 Å². The zero-order valence-corrected chi connectivity index (χ0v) is 12.4. The zero-order valence-electron chi connectivity index (χ0n) is 10.8. The van der Waals surface area contributed by atoms with Crippen LogP contribution in [0.15, 0.2) is 40.8 Å². The van der Waals surface area contributed by atoms with Gasteiger partial charge < -0.3 is 4.90 Å². The summed E-state index contributed by atoms with van der Waals surface area (Å²) < 4.78 is 1.85. The first kappa shape index (κ1) is 13.4. The topological polar surface area (TPSA) is 37.6 Å². The highest BCUT2D eigenvalue weighted by atomic mass is 35.5. The van der Waals surface area contributed by atoms with Crippen LogP contribution >= 0.6 is 22.9 Å². The van der Waals surface area contributed by atoms with Crippen LogP contribution in [0, 0.1) is 0 Å². The Morgan fingerprint density at radius 3 is 2.75 bits per heavy atom. The largest absolute Gasteiger partial charge is 0.346 e. The van der Waals surface area contributed by atoms with Crippen LogP contribution in [-0.2, 0) is 0 Å². The molecule has 0 radical (unpaired) electrons. The number of hydrogen-bond donors (Lipinski definition) is 0. The van der Waals surface area contributed by atoms with E-state index in [0.29, 0.717) is 9.82 Å². The van der Waals surface area contributed by atoms with Gasteiger partial charge in [-0.25, -0.2) is 4.79 Å². The summed E-state index contributed by atoms with van der Waals surface area (Å²) in [6, 6.07) is 7.37. The average Bonchev–Trinajstić information content (AvgIpc) is 3.10.